The van der Waals surface area contributed by atoms with Gasteiger partial charge in [-0.3, -0.25) is 0 Å². The van der Waals surface area contributed by atoms with Crippen molar-refractivity contribution in [3.8, 4) is 0 Å². The monoisotopic (exact) mass is 226 g/mol. The summed E-state index contributed by atoms with van der Waals surface area (Å²) in [5.74, 6) is 1.14. The first-order valence-corrected chi connectivity index (χ1v) is 5.22. The highest BCUT2D eigenvalue weighted by Crippen LogP contribution is 1.98. The summed E-state index contributed by atoms with van der Waals surface area (Å²) >= 11 is 0. The Morgan fingerprint density at radius 3 is 2.62 bits per heavy atom. The van der Waals surface area contributed by atoms with E-state index >= 15 is 0 Å². The summed E-state index contributed by atoms with van der Waals surface area (Å²) in [6, 6.07) is -0.191. The Morgan fingerprint density at radius 1 is 1.44 bits per heavy atom. The van der Waals surface area contributed by atoms with E-state index in [1.54, 1.807) is 6.92 Å². The second kappa shape index (κ2) is 4.96. The smallest absolute Gasteiger partial charge is 0.315 e. The number of nitrogens with zero attached hydrogens (tertiary/aromatic N) is 2. The summed E-state index contributed by atoms with van der Waals surface area (Å²) in [5.41, 5.74) is -0.231. The van der Waals surface area contributed by atoms with Crippen molar-refractivity contribution in [3.63, 3.8) is 0 Å². The highest BCUT2D eigenvalue weighted by Gasteiger charge is 2.13. The van der Waals surface area contributed by atoms with Crippen molar-refractivity contribution in [1.29, 1.82) is 0 Å². The Hall–Kier alpha value is -1.59. The topological polar surface area (TPSA) is 80.0 Å². The number of urea groups is 1. The minimum absolute atomic E-state index is 0.191. The molecule has 0 aliphatic heterocycles. The van der Waals surface area contributed by atoms with Gasteiger partial charge in [0.2, 0.25) is 5.89 Å². The summed E-state index contributed by atoms with van der Waals surface area (Å²) in [5, 5.41) is 9.17. The van der Waals surface area contributed by atoms with Crippen LogP contribution in [0.25, 0.3) is 0 Å². The third-order valence-corrected chi connectivity index (χ3v) is 1.68. The van der Waals surface area contributed by atoms with E-state index in [1.807, 2.05) is 20.8 Å². The zero-order valence-electron chi connectivity index (χ0n) is 10.1. The maximum Gasteiger partial charge on any atom is 0.315 e. The molecule has 0 atom stereocenters. The van der Waals surface area contributed by atoms with Gasteiger partial charge < -0.3 is 15.2 Å². The minimum Gasteiger partial charge on any atom is -0.339 e. The standard InChI is InChI=1S/C10H18N4O2/c1-7-12-8(16-14-7)5-6-11-9(15)13-10(2,3)4/h5-6H2,1-4H3,(H2,11,13,15). The molecule has 1 rings (SSSR count). The molecule has 1 heterocycles. The molecule has 6 heteroatoms. The molecule has 0 aliphatic rings. The third kappa shape index (κ3) is 4.77. The van der Waals surface area contributed by atoms with Gasteiger partial charge in [0.1, 0.15) is 0 Å². The van der Waals surface area contributed by atoms with E-state index in [0.717, 1.165) is 0 Å². The maximum absolute atomic E-state index is 11.4. The number of amides is 2. The van der Waals surface area contributed by atoms with Gasteiger partial charge in [0.15, 0.2) is 5.82 Å². The molecule has 0 saturated heterocycles. The summed E-state index contributed by atoms with van der Waals surface area (Å²) in [6.07, 6.45) is 0.540. The second-order valence-electron chi connectivity index (χ2n) is 4.62. The molecule has 0 aromatic carbocycles. The number of aryl methyl sites for hydroxylation is 1. The fraction of sp³-hybridized carbons (Fsp3) is 0.700. The predicted octanol–water partition coefficient (Wildman–Crippen LogP) is 1.02. The van der Waals surface area contributed by atoms with Crippen LogP contribution in [-0.2, 0) is 6.42 Å². The fourth-order valence-corrected chi connectivity index (χ4v) is 1.11. The molecule has 2 amide bonds. The summed E-state index contributed by atoms with van der Waals surface area (Å²) in [7, 11) is 0. The highest BCUT2D eigenvalue weighted by atomic mass is 16.5. The molecular formula is C10H18N4O2. The van der Waals surface area contributed by atoms with Gasteiger partial charge >= 0.3 is 6.03 Å². The molecule has 0 bridgehead atoms. The molecule has 0 saturated carbocycles. The largest absolute Gasteiger partial charge is 0.339 e. The van der Waals surface area contributed by atoms with Crippen molar-refractivity contribution in [1.82, 2.24) is 20.8 Å². The van der Waals surface area contributed by atoms with Crippen molar-refractivity contribution in [2.45, 2.75) is 39.7 Å². The van der Waals surface area contributed by atoms with E-state index in [4.69, 9.17) is 4.52 Å². The van der Waals surface area contributed by atoms with Crippen LogP contribution in [0.15, 0.2) is 4.52 Å². The van der Waals surface area contributed by atoms with Gasteiger partial charge in [0.05, 0.1) is 0 Å². The normalized spacial score (nSPS) is 11.2. The van der Waals surface area contributed by atoms with Crippen molar-refractivity contribution in [2.24, 2.45) is 0 Å². The molecule has 0 spiro atoms. The van der Waals surface area contributed by atoms with Gasteiger partial charge in [0.25, 0.3) is 0 Å². The van der Waals surface area contributed by atoms with Crippen LogP contribution in [0.4, 0.5) is 4.79 Å². The number of rotatable bonds is 3. The Balaban J connectivity index is 2.23. The van der Waals surface area contributed by atoms with Gasteiger partial charge in [-0.25, -0.2) is 4.79 Å². The Morgan fingerprint density at radius 2 is 2.12 bits per heavy atom. The first-order valence-electron chi connectivity index (χ1n) is 5.22. The van der Waals surface area contributed by atoms with Crippen LogP contribution in [0.5, 0.6) is 0 Å². The Bertz CT molecular complexity index is 354. The zero-order chi connectivity index (χ0) is 12.2. The lowest BCUT2D eigenvalue weighted by atomic mass is 10.1. The zero-order valence-corrected chi connectivity index (χ0v) is 10.1. The number of nitrogens with one attached hydrogen (secondary N) is 2. The van der Waals surface area contributed by atoms with Crippen molar-refractivity contribution >= 4 is 6.03 Å². The van der Waals surface area contributed by atoms with E-state index < -0.39 is 0 Å². The SMILES string of the molecule is Cc1noc(CCNC(=O)NC(C)(C)C)n1. The lowest BCUT2D eigenvalue weighted by Crippen LogP contribution is -2.46. The van der Waals surface area contributed by atoms with Crippen LogP contribution >= 0.6 is 0 Å². The molecule has 0 fully saturated rings. The average Bonchev–Trinajstić information content (AvgIpc) is 2.48. The number of aromatic nitrogens is 2. The molecule has 0 unspecified atom stereocenters. The first-order chi connectivity index (χ1) is 7.37. The van der Waals surface area contributed by atoms with Gasteiger partial charge in [-0.2, -0.15) is 4.98 Å². The maximum atomic E-state index is 11.4. The van der Waals surface area contributed by atoms with Crippen LogP contribution in [0.3, 0.4) is 0 Å². The molecule has 1 aromatic rings. The van der Waals surface area contributed by atoms with Gasteiger partial charge in [0, 0.05) is 18.5 Å². The van der Waals surface area contributed by atoms with Gasteiger partial charge in [-0.15, -0.1) is 0 Å². The average molecular weight is 226 g/mol. The van der Waals surface area contributed by atoms with Crippen molar-refractivity contribution < 1.29 is 9.32 Å². The Labute approximate surface area is 94.8 Å². The lowest BCUT2D eigenvalue weighted by molar-refractivity contribution is 0.232. The van der Waals surface area contributed by atoms with E-state index in [9.17, 15) is 4.79 Å². The summed E-state index contributed by atoms with van der Waals surface area (Å²) in [4.78, 5) is 15.4. The number of carbonyl (C=O) groups is 1. The highest BCUT2D eigenvalue weighted by molar-refractivity contribution is 5.74. The van der Waals surface area contributed by atoms with Crippen molar-refractivity contribution in [3.05, 3.63) is 11.7 Å². The molecule has 6 nitrogen and oxygen atoms in total. The summed E-state index contributed by atoms with van der Waals surface area (Å²) < 4.78 is 4.91. The quantitative estimate of drug-likeness (QED) is 0.806. The molecule has 90 valence electrons. The molecule has 0 aliphatic carbocycles. The molecule has 1 aromatic heterocycles. The van der Waals surface area contributed by atoms with E-state index in [-0.39, 0.29) is 11.6 Å². The van der Waals surface area contributed by atoms with Crippen LogP contribution in [0, 0.1) is 6.92 Å². The fourth-order valence-electron chi connectivity index (χ4n) is 1.11. The molecule has 0 radical (unpaired) electrons. The minimum atomic E-state index is -0.231. The van der Waals surface area contributed by atoms with Crippen LogP contribution < -0.4 is 10.6 Å². The van der Waals surface area contributed by atoms with E-state index in [0.29, 0.717) is 24.7 Å². The number of hydrogen-bond acceptors (Lipinski definition) is 4. The number of hydrogen-bond donors (Lipinski definition) is 2. The predicted molar refractivity (Wildman–Crippen MR) is 59.0 cm³/mol. The second-order valence-corrected chi connectivity index (χ2v) is 4.62. The van der Waals surface area contributed by atoms with Crippen LogP contribution in [0.1, 0.15) is 32.5 Å². The third-order valence-electron chi connectivity index (χ3n) is 1.68. The van der Waals surface area contributed by atoms with Gasteiger partial charge in [-0.1, -0.05) is 5.16 Å². The Kier molecular flexibility index (Phi) is 3.87. The first kappa shape index (κ1) is 12.5. The molecule has 2 N–H and O–H groups in total. The van der Waals surface area contributed by atoms with Crippen molar-refractivity contribution in [2.75, 3.05) is 6.54 Å². The van der Waals surface area contributed by atoms with E-state index in [2.05, 4.69) is 20.8 Å². The van der Waals surface area contributed by atoms with Crippen LogP contribution in [0.2, 0.25) is 0 Å². The molecule has 16 heavy (non-hydrogen) atoms. The van der Waals surface area contributed by atoms with Gasteiger partial charge in [-0.05, 0) is 27.7 Å². The summed E-state index contributed by atoms with van der Waals surface area (Å²) in [6.45, 7) is 8.01. The lowest BCUT2D eigenvalue weighted by Gasteiger charge is -2.20. The molecular weight excluding hydrogens is 208 g/mol. The van der Waals surface area contributed by atoms with Crippen LogP contribution in [-0.4, -0.2) is 28.3 Å². The van der Waals surface area contributed by atoms with E-state index in [1.165, 1.54) is 0 Å². The number of carbonyl (C=O) groups excluding carboxylic acids is 1.